The molecule has 2 amide bonds. The molecule has 4 rings (SSSR count). The number of aryl methyl sites for hydroxylation is 1. The molecule has 0 bridgehead atoms. The van der Waals surface area contributed by atoms with Gasteiger partial charge in [-0.05, 0) is 31.9 Å². The third-order valence-corrected chi connectivity index (χ3v) is 4.83. The van der Waals surface area contributed by atoms with Crippen LogP contribution >= 0.6 is 0 Å². The molecule has 1 fully saturated rings. The number of carbonyl (C=O) groups is 2. The number of benzene rings is 2. The zero-order valence-electron chi connectivity index (χ0n) is 15.6. The number of para-hydroxylation sites is 1. The van der Waals surface area contributed by atoms with Gasteiger partial charge in [-0.1, -0.05) is 48.0 Å². The van der Waals surface area contributed by atoms with Crippen LogP contribution in [0.1, 0.15) is 28.8 Å². The number of hydrogen-bond donors (Lipinski definition) is 2. The van der Waals surface area contributed by atoms with Crippen LogP contribution in [0.2, 0.25) is 0 Å². The number of aromatic nitrogens is 1. The molecular formula is C22H21N3O3. The normalized spacial score (nSPS) is 16.1. The molecule has 1 aromatic heterocycles. The maximum atomic E-state index is 12.8. The van der Waals surface area contributed by atoms with Gasteiger partial charge in [-0.3, -0.25) is 20.4 Å². The molecule has 3 aromatic rings. The Morgan fingerprint density at radius 3 is 2.61 bits per heavy atom. The molecule has 2 N–H and O–H groups in total. The van der Waals surface area contributed by atoms with Crippen LogP contribution in [0, 0.1) is 6.92 Å². The van der Waals surface area contributed by atoms with Crippen LogP contribution in [0.25, 0.3) is 22.2 Å². The number of ether oxygens (including phenoxy) is 1. The van der Waals surface area contributed by atoms with E-state index in [9.17, 15) is 9.59 Å². The number of carbonyl (C=O) groups excluding carboxylic acids is 2. The summed E-state index contributed by atoms with van der Waals surface area (Å²) >= 11 is 0. The summed E-state index contributed by atoms with van der Waals surface area (Å²) < 4.78 is 5.34. The second kappa shape index (κ2) is 7.78. The van der Waals surface area contributed by atoms with E-state index in [1.807, 2.05) is 55.5 Å². The van der Waals surface area contributed by atoms with Crippen LogP contribution in [0.15, 0.2) is 54.6 Å². The Morgan fingerprint density at radius 2 is 1.86 bits per heavy atom. The number of rotatable bonds is 3. The van der Waals surface area contributed by atoms with Gasteiger partial charge in [-0.2, -0.15) is 0 Å². The maximum absolute atomic E-state index is 12.8. The van der Waals surface area contributed by atoms with Crippen molar-refractivity contribution in [2.75, 3.05) is 6.61 Å². The van der Waals surface area contributed by atoms with Crippen molar-refractivity contribution in [1.82, 2.24) is 15.8 Å². The number of nitrogens with one attached hydrogen (secondary N) is 2. The average Bonchev–Trinajstić information content (AvgIpc) is 3.26. The summed E-state index contributed by atoms with van der Waals surface area (Å²) in [4.78, 5) is 29.6. The van der Waals surface area contributed by atoms with Crippen LogP contribution in [0.3, 0.4) is 0 Å². The highest BCUT2D eigenvalue weighted by Crippen LogP contribution is 2.25. The van der Waals surface area contributed by atoms with E-state index in [1.54, 1.807) is 6.07 Å². The molecule has 0 radical (unpaired) electrons. The molecular weight excluding hydrogens is 354 g/mol. The smallest absolute Gasteiger partial charge is 0.270 e. The summed E-state index contributed by atoms with van der Waals surface area (Å²) in [5, 5.41) is 0.724. The molecule has 6 heteroatoms. The van der Waals surface area contributed by atoms with Crippen molar-refractivity contribution in [2.45, 2.75) is 25.9 Å². The summed E-state index contributed by atoms with van der Waals surface area (Å²) in [6, 6.07) is 17.2. The van der Waals surface area contributed by atoms with Crippen LogP contribution in [0.4, 0.5) is 0 Å². The fraction of sp³-hybridized carbons (Fsp3) is 0.227. The SMILES string of the molecule is Cc1ccc(-c2cc(C(=O)NNC(=O)C3CCCO3)c3ccccc3n2)cc1. The lowest BCUT2D eigenvalue weighted by molar-refractivity contribution is -0.130. The van der Waals surface area contributed by atoms with E-state index in [0.29, 0.717) is 24.3 Å². The van der Waals surface area contributed by atoms with Gasteiger partial charge in [-0.15, -0.1) is 0 Å². The second-order valence-electron chi connectivity index (χ2n) is 6.88. The largest absolute Gasteiger partial charge is 0.368 e. The molecule has 1 atom stereocenters. The van der Waals surface area contributed by atoms with Gasteiger partial charge in [0.1, 0.15) is 6.10 Å². The Kier molecular flexibility index (Phi) is 5.04. The van der Waals surface area contributed by atoms with Gasteiger partial charge in [0.2, 0.25) is 0 Å². The molecule has 0 aliphatic carbocycles. The number of amides is 2. The van der Waals surface area contributed by atoms with Gasteiger partial charge in [0.15, 0.2) is 0 Å². The average molecular weight is 375 g/mol. The summed E-state index contributed by atoms with van der Waals surface area (Å²) in [6.45, 7) is 2.59. The zero-order valence-corrected chi connectivity index (χ0v) is 15.6. The van der Waals surface area contributed by atoms with Gasteiger partial charge in [0, 0.05) is 17.6 Å². The molecule has 1 unspecified atom stereocenters. The highest BCUT2D eigenvalue weighted by molar-refractivity contribution is 6.07. The van der Waals surface area contributed by atoms with E-state index in [2.05, 4.69) is 15.8 Å². The number of nitrogens with zero attached hydrogens (tertiary/aromatic N) is 1. The molecule has 1 aliphatic heterocycles. The van der Waals surface area contributed by atoms with E-state index in [4.69, 9.17) is 4.74 Å². The second-order valence-corrected chi connectivity index (χ2v) is 6.88. The lowest BCUT2D eigenvalue weighted by atomic mass is 10.0. The topological polar surface area (TPSA) is 80.3 Å². The van der Waals surface area contributed by atoms with Crippen molar-refractivity contribution in [3.8, 4) is 11.3 Å². The summed E-state index contributed by atoms with van der Waals surface area (Å²) in [6.07, 6.45) is 1.01. The lowest BCUT2D eigenvalue weighted by Gasteiger charge is -2.13. The molecule has 1 aliphatic rings. The molecule has 0 spiro atoms. The Labute approximate surface area is 162 Å². The van der Waals surface area contributed by atoms with Crippen molar-refractivity contribution < 1.29 is 14.3 Å². The quantitative estimate of drug-likeness (QED) is 0.689. The van der Waals surface area contributed by atoms with Crippen molar-refractivity contribution in [3.63, 3.8) is 0 Å². The minimum absolute atomic E-state index is 0.331. The van der Waals surface area contributed by atoms with Gasteiger partial charge in [0.25, 0.3) is 11.8 Å². The van der Waals surface area contributed by atoms with Gasteiger partial charge in [-0.25, -0.2) is 4.98 Å². The highest BCUT2D eigenvalue weighted by atomic mass is 16.5. The summed E-state index contributed by atoms with van der Waals surface area (Å²) in [7, 11) is 0. The summed E-state index contributed by atoms with van der Waals surface area (Å²) in [5.41, 5.74) is 8.93. The first-order valence-corrected chi connectivity index (χ1v) is 9.30. The van der Waals surface area contributed by atoms with Crippen LogP contribution in [0.5, 0.6) is 0 Å². The molecule has 2 aromatic carbocycles. The fourth-order valence-electron chi connectivity index (χ4n) is 3.29. The van der Waals surface area contributed by atoms with Gasteiger partial charge >= 0.3 is 0 Å². The predicted molar refractivity (Wildman–Crippen MR) is 106 cm³/mol. The molecule has 0 saturated carbocycles. The molecule has 28 heavy (non-hydrogen) atoms. The number of hydrogen-bond acceptors (Lipinski definition) is 4. The Hall–Kier alpha value is -3.25. The molecule has 142 valence electrons. The minimum atomic E-state index is -0.502. The van der Waals surface area contributed by atoms with Gasteiger partial charge in [0.05, 0.1) is 16.8 Å². The number of pyridine rings is 1. The fourth-order valence-corrected chi connectivity index (χ4v) is 3.29. The third-order valence-electron chi connectivity index (χ3n) is 4.83. The predicted octanol–water partition coefficient (Wildman–Crippen LogP) is 3.15. The number of fused-ring (bicyclic) bond motifs is 1. The maximum Gasteiger partial charge on any atom is 0.270 e. The third kappa shape index (κ3) is 3.73. The van der Waals surface area contributed by atoms with Crippen molar-refractivity contribution in [2.24, 2.45) is 0 Å². The first-order valence-electron chi connectivity index (χ1n) is 9.30. The van der Waals surface area contributed by atoms with Crippen molar-refractivity contribution in [1.29, 1.82) is 0 Å². The van der Waals surface area contributed by atoms with Crippen LogP contribution < -0.4 is 10.9 Å². The summed E-state index contributed by atoms with van der Waals surface area (Å²) in [5.74, 6) is -0.721. The Bertz CT molecular complexity index is 1020. The van der Waals surface area contributed by atoms with E-state index < -0.39 is 12.0 Å². The standard InChI is InChI=1S/C22H21N3O3/c1-14-8-10-15(11-9-14)19-13-17(16-5-2-3-6-18(16)23-19)21(26)24-25-22(27)20-7-4-12-28-20/h2-3,5-6,8-11,13,20H,4,7,12H2,1H3,(H,24,26)(H,25,27). The van der Waals surface area contributed by atoms with E-state index in [-0.39, 0.29) is 5.91 Å². The first kappa shape index (κ1) is 18.1. The van der Waals surface area contributed by atoms with Crippen molar-refractivity contribution >= 4 is 22.7 Å². The first-order chi connectivity index (χ1) is 13.6. The monoisotopic (exact) mass is 375 g/mol. The van der Waals surface area contributed by atoms with Gasteiger partial charge < -0.3 is 4.74 Å². The van der Waals surface area contributed by atoms with Crippen LogP contribution in [-0.4, -0.2) is 29.5 Å². The zero-order chi connectivity index (χ0) is 19.5. The minimum Gasteiger partial charge on any atom is -0.368 e. The van der Waals surface area contributed by atoms with Crippen molar-refractivity contribution in [3.05, 3.63) is 65.7 Å². The molecule has 2 heterocycles. The van der Waals surface area contributed by atoms with E-state index in [1.165, 1.54) is 0 Å². The van der Waals surface area contributed by atoms with E-state index in [0.717, 1.165) is 28.5 Å². The molecule has 1 saturated heterocycles. The lowest BCUT2D eigenvalue weighted by Crippen LogP contribution is -2.46. The highest BCUT2D eigenvalue weighted by Gasteiger charge is 2.24. The number of hydrazine groups is 1. The van der Waals surface area contributed by atoms with Crippen LogP contribution in [-0.2, 0) is 9.53 Å². The Balaban J connectivity index is 1.63. The van der Waals surface area contributed by atoms with E-state index >= 15 is 0 Å². The Morgan fingerprint density at radius 1 is 1.07 bits per heavy atom. The molecule has 6 nitrogen and oxygen atoms in total.